The van der Waals surface area contributed by atoms with Crippen LogP contribution in [0.3, 0.4) is 0 Å². The highest BCUT2D eigenvalue weighted by Crippen LogP contribution is 2.29. The van der Waals surface area contributed by atoms with E-state index in [-0.39, 0.29) is 11.5 Å². The van der Waals surface area contributed by atoms with E-state index in [4.69, 9.17) is 0 Å². The molecule has 0 atom stereocenters. The van der Waals surface area contributed by atoms with Gasteiger partial charge in [-0.15, -0.1) is 0 Å². The van der Waals surface area contributed by atoms with Gasteiger partial charge in [0, 0.05) is 16.9 Å². The minimum absolute atomic E-state index is 0.111. The highest BCUT2D eigenvalue weighted by atomic mass is 79.9. The van der Waals surface area contributed by atoms with Crippen LogP contribution < -0.4 is 4.72 Å². The van der Waals surface area contributed by atoms with E-state index < -0.39 is 15.6 Å². The summed E-state index contributed by atoms with van der Waals surface area (Å²) in [5.41, 5.74) is -0.723. The minimum atomic E-state index is -3.66. The highest BCUT2D eigenvalue weighted by Gasteiger charge is 2.36. The van der Waals surface area contributed by atoms with Gasteiger partial charge in [0.15, 0.2) is 0 Å². The van der Waals surface area contributed by atoms with Crippen molar-refractivity contribution in [2.24, 2.45) is 0 Å². The van der Waals surface area contributed by atoms with Crippen LogP contribution in [0.2, 0.25) is 0 Å². The Balaban J connectivity index is 2.25. The normalized spacial score (nSPS) is 19.3. The third kappa shape index (κ3) is 3.53. The van der Waals surface area contributed by atoms with E-state index in [2.05, 4.69) is 25.6 Å². The first-order chi connectivity index (χ1) is 8.97. The summed E-state index contributed by atoms with van der Waals surface area (Å²) in [6.07, 6.45) is 7.12. The van der Waals surface area contributed by atoms with Crippen molar-refractivity contribution >= 4 is 26.0 Å². The molecule has 1 aromatic rings. The van der Waals surface area contributed by atoms with Crippen LogP contribution in [-0.4, -0.2) is 30.7 Å². The summed E-state index contributed by atoms with van der Waals surface area (Å²) in [6, 6.07) is 1.50. The van der Waals surface area contributed by atoms with E-state index in [1.165, 1.54) is 18.5 Å². The molecule has 1 aliphatic carbocycles. The smallest absolute Gasteiger partial charge is 0.242 e. The molecule has 1 saturated carbocycles. The van der Waals surface area contributed by atoms with Crippen molar-refractivity contribution in [1.82, 2.24) is 9.71 Å². The molecular weight excluding hydrogens is 332 g/mol. The average molecular weight is 349 g/mol. The number of nitrogens with zero attached hydrogens (tertiary/aromatic N) is 1. The lowest BCUT2D eigenvalue weighted by molar-refractivity contribution is 0.142. The summed E-state index contributed by atoms with van der Waals surface area (Å²) >= 11 is 3.21. The topological polar surface area (TPSA) is 79.3 Å². The lowest BCUT2D eigenvalue weighted by atomic mass is 9.83. The molecule has 1 fully saturated rings. The number of aliphatic hydroxyl groups is 1. The fourth-order valence-corrected chi connectivity index (χ4v) is 4.36. The van der Waals surface area contributed by atoms with E-state index in [0.29, 0.717) is 17.3 Å². The second-order valence-corrected chi connectivity index (χ2v) is 7.54. The quantitative estimate of drug-likeness (QED) is 0.869. The summed E-state index contributed by atoms with van der Waals surface area (Å²) in [4.78, 5) is 3.97. The van der Waals surface area contributed by atoms with Gasteiger partial charge in [-0.2, -0.15) is 0 Å². The fraction of sp³-hybridized carbons (Fsp3) is 0.583. The van der Waals surface area contributed by atoms with E-state index in [1.54, 1.807) is 0 Å². The summed E-state index contributed by atoms with van der Waals surface area (Å²) in [6.45, 7) is -0.173. The van der Waals surface area contributed by atoms with Crippen LogP contribution in [0.1, 0.15) is 32.1 Å². The van der Waals surface area contributed by atoms with E-state index in [1.807, 2.05) is 0 Å². The second kappa shape index (κ2) is 5.87. The molecule has 0 aromatic carbocycles. The molecule has 19 heavy (non-hydrogen) atoms. The molecular formula is C12H17BrN2O3S. The van der Waals surface area contributed by atoms with Crippen molar-refractivity contribution in [3.63, 3.8) is 0 Å². The molecule has 1 aromatic heterocycles. The van der Waals surface area contributed by atoms with Crippen molar-refractivity contribution in [3.05, 3.63) is 22.9 Å². The first-order valence-electron chi connectivity index (χ1n) is 6.23. The maximum atomic E-state index is 12.3. The van der Waals surface area contributed by atoms with Gasteiger partial charge in [0.25, 0.3) is 0 Å². The van der Waals surface area contributed by atoms with E-state index >= 15 is 0 Å². The summed E-state index contributed by atoms with van der Waals surface area (Å²) in [7, 11) is -3.66. The van der Waals surface area contributed by atoms with Crippen molar-refractivity contribution in [1.29, 1.82) is 0 Å². The van der Waals surface area contributed by atoms with Gasteiger partial charge in [0.05, 0.1) is 12.1 Å². The molecule has 106 valence electrons. The zero-order chi connectivity index (χ0) is 13.9. The summed E-state index contributed by atoms with van der Waals surface area (Å²) in [5, 5.41) is 9.55. The first kappa shape index (κ1) is 14.9. The van der Waals surface area contributed by atoms with Gasteiger partial charge in [-0.25, -0.2) is 13.1 Å². The van der Waals surface area contributed by atoms with Crippen molar-refractivity contribution < 1.29 is 13.5 Å². The van der Waals surface area contributed by atoms with Crippen molar-refractivity contribution in [2.45, 2.75) is 42.5 Å². The molecule has 0 aliphatic heterocycles. The van der Waals surface area contributed by atoms with Gasteiger partial charge in [0.1, 0.15) is 4.90 Å². The van der Waals surface area contributed by atoms with Gasteiger partial charge < -0.3 is 5.11 Å². The van der Waals surface area contributed by atoms with Crippen LogP contribution in [0, 0.1) is 0 Å². The Kier molecular flexibility index (Phi) is 4.60. The van der Waals surface area contributed by atoms with Crippen molar-refractivity contribution in [3.8, 4) is 0 Å². The molecule has 1 heterocycles. The number of nitrogens with one attached hydrogen (secondary N) is 1. The van der Waals surface area contributed by atoms with Crippen LogP contribution >= 0.6 is 15.9 Å². The lowest BCUT2D eigenvalue weighted by Gasteiger charge is -2.35. The Morgan fingerprint density at radius 1 is 1.32 bits per heavy atom. The minimum Gasteiger partial charge on any atom is -0.394 e. The van der Waals surface area contributed by atoms with Crippen LogP contribution in [-0.2, 0) is 10.0 Å². The van der Waals surface area contributed by atoms with Crippen LogP contribution in [0.4, 0.5) is 0 Å². The van der Waals surface area contributed by atoms with Gasteiger partial charge in [-0.3, -0.25) is 4.98 Å². The van der Waals surface area contributed by atoms with Crippen molar-refractivity contribution in [2.75, 3.05) is 6.61 Å². The zero-order valence-corrected chi connectivity index (χ0v) is 12.9. The summed E-state index contributed by atoms with van der Waals surface area (Å²) in [5.74, 6) is 0. The number of pyridine rings is 1. The predicted octanol–water partition coefficient (Wildman–Crippen LogP) is 1.82. The maximum absolute atomic E-state index is 12.3. The first-order valence-corrected chi connectivity index (χ1v) is 8.50. The largest absolute Gasteiger partial charge is 0.394 e. The monoisotopic (exact) mass is 348 g/mol. The van der Waals surface area contributed by atoms with Gasteiger partial charge >= 0.3 is 0 Å². The Hall–Kier alpha value is -0.500. The average Bonchev–Trinajstić information content (AvgIpc) is 2.39. The molecule has 5 nitrogen and oxygen atoms in total. The number of sulfonamides is 1. The maximum Gasteiger partial charge on any atom is 0.242 e. The number of aromatic nitrogens is 1. The molecule has 2 rings (SSSR count). The third-order valence-corrected chi connectivity index (χ3v) is 5.43. The highest BCUT2D eigenvalue weighted by molar-refractivity contribution is 9.10. The fourth-order valence-electron chi connectivity index (χ4n) is 2.40. The SMILES string of the molecule is O=S(=O)(NC1(CO)CCCCC1)c1cncc(Br)c1. The second-order valence-electron chi connectivity index (χ2n) is 4.94. The van der Waals surface area contributed by atoms with Crippen LogP contribution in [0.5, 0.6) is 0 Å². The number of hydrogen-bond acceptors (Lipinski definition) is 4. The number of hydrogen-bond donors (Lipinski definition) is 2. The van der Waals surface area contributed by atoms with Crippen LogP contribution in [0.15, 0.2) is 27.8 Å². The third-order valence-electron chi connectivity index (χ3n) is 3.45. The molecule has 7 heteroatoms. The molecule has 0 amide bonds. The number of halogens is 1. The van der Waals surface area contributed by atoms with E-state index in [0.717, 1.165) is 19.3 Å². The van der Waals surface area contributed by atoms with E-state index in [9.17, 15) is 13.5 Å². The number of aliphatic hydroxyl groups excluding tert-OH is 1. The van der Waals surface area contributed by atoms with Gasteiger partial charge in [0.2, 0.25) is 10.0 Å². The Morgan fingerprint density at radius 3 is 2.58 bits per heavy atom. The zero-order valence-electron chi connectivity index (χ0n) is 10.5. The predicted molar refractivity (Wildman–Crippen MR) is 75.2 cm³/mol. The molecule has 0 radical (unpaired) electrons. The Labute approximate surface area is 121 Å². The number of rotatable bonds is 4. The molecule has 0 unspecified atom stereocenters. The van der Waals surface area contributed by atoms with Gasteiger partial charge in [-0.1, -0.05) is 19.3 Å². The van der Waals surface area contributed by atoms with Gasteiger partial charge in [-0.05, 0) is 34.8 Å². The Morgan fingerprint density at radius 2 is 2.00 bits per heavy atom. The van der Waals surface area contributed by atoms with Crippen LogP contribution in [0.25, 0.3) is 0 Å². The molecule has 1 aliphatic rings. The molecule has 0 saturated heterocycles. The molecule has 0 bridgehead atoms. The standard InChI is InChI=1S/C12H17BrN2O3S/c13-10-6-11(8-14-7-10)19(17,18)15-12(9-16)4-2-1-3-5-12/h6-8,15-16H,1-5,9H2. The summed E-state index contributed by atoms with van der Waals surface area (Å²) < 4.78 is 27.9. The molecule has 0 spiro atoms. The molecule has 2 N–H and O–H groups in total. The lowest BCUT2D eigenvalue weighted by Crippen LogP contribution is -2.52. The Bertz CT molecular complexity index is 542.